The topological polar surface area (TPSA) is 61.5 Å². The van der Waals surface area contributed by atoms with Crippen molar-refractivity contribution in [1.29, 1.82) is 0 Å². The molecule has 0 aliphatic heterocycles. The number of carboxylic acids is 1. The van der Waals surface area contributed by atoms with Gasteiger partial charge in [0.05, 0.1) is 6.42 Å². The molecule has 0 aromatic rings. The molecule has 3 nitrogen and oxygen atoms in total. The normalized spacial score (nSPS) is 6.82. The van der Waals surface area contributed by atoms with Crippen molar-refractivity contribution in [2.24, 2.45) is 0 Å². The second-order valence-electron chi connectivity index (χ2n) is 1.98. The van der Waals surface area contributed by atoms with E-state index in [1.165, 1.54) is 0 Å². The Morgan fingerprint density at radius 3 is 1.73 bits per heavy atom. The molecule has 4 heteroatoms. The summed E-state index contributed by atoms with van der Waals surface area (Å²) in [7, 11) is 0. The maximum atomic E-state index is 8.89. The molecule has 64 valence electrons. The summed E-state index contributed by atoms with van der Waals surface area (Å²) < 4.78 is 0. The first-order chi connectivity index (χ1) is 4.50. The van der Waals surface area contributed by atoms with E-state index in [-0.39, 0.29) is 26.2 Å². The van der Waals surface area contributed by atoms with Gasteiger partial charge >= 0.3 is 0 Å². The predicted octanol–water partition coefficient (Wildman–Crippen LogP) is 0.105. The van der Waals surface area contributed by atoms with Crippen LogP contribution in [0.25, 0.3) is 0 Å². The Bertz CT molecular complexity index is 108. The standard InChI is InChI=1S/C5H10O.C2H4O2.Zr/c1-3-4-5(2)6;1-2(3)4;/h3-4H2,1-2H3;1H3,(H,3,4);. The molecule has 0 heterocycles. The van der Waals surface area contributed by atoms with Gasteiger partial charge in [-0.1, -0.05) is 6.92 Å². The quantitative estimate of drug-likeness (QED) is 0.640. The minimum Gasteiger partial charge on any atom is -0.550 e. The fourth-order valence-electron chi connectivity index (χ4n) is 0.362. The van der Waals surface area contributed by atoms with Crippen molar-refractivity contribution in [3.8, 4) is 0 Å². The molecule has 0 spiro atoms. The second kappa shape index (κ2) is 12.7. The number of hydrogen-bond acceptors (Lipinski definition) is 2. The Kier molecular flexibility index (Phi) is 19.8. The second-order valence-corrected chi connectivity index (χ2v) is 1.98. The van der Waals surface area contributed by atoms with Gasteiger partial charge in [-0.2, -0.15) is 0 Å². The molecule has 0 unspecified atom stereocenters. The van der Waals surface area contributed by atoms with Crippen LogP contribution in [-0.2, 0) is 31.0 Å². The van der Waals surface area contributed by atoms with E-state index >= 15 is 0 Å². The molecule has 0 rings (SSSR count). The number of carboxylic acid groups (broad SMARTS) is 1. The van der Waals surface area contributed by atoms with Crippen LogP contribution in [0.5, 0.6) is 0 Å². The average Bonchev–Trinajstić information content (AvgIpc) is 1.62. The van der Waals surface area contributed by atoms with Gasteiger partial charge in [-0.05, 0) is 13.3 Å². The maximum absolute atomic E-state index is 8.89. The van der Waals surface area contributed by atoms with E-state index in [0.29, 0.717) is 5.78 Å². The van der Waals surface area contributed by atoms with E-state index in [1.54, 1.807) is 6.92 Å². The summed E-state index contributed by atoms with van der Waals surface area (Å²) in [4.78, 5) is 17.4. The zero-order valence-corrected chi connectivity index (χ0v) is 9.64. The summed E-state index contributed by atoms with van der Waals surface area (Å²) in [6, 6.07) is 0. The van der Waals surface area contributed by atoms with Crippen molar-refractivity contribution < 1.29 is 40.9 Å². The van der Waals surface area contributed by atoms with E-state index in [9.17, 15) is 0 Å². The molecule has 0 aromatic heterocycles. The van der Waals surface area contributed by atoms with Crippen LogP contribution in [0.3, 0.4) is 0 Å². The van der Waals surface area contributed by atoms with Crippen LogP contribution in [0.2, 0.25) is 0 Å². The molecule has 0 saturated heterocycles. The van der Waals surface area contributed by atoms with Crippen LogP contribution in [-0.4, -0.2) is 16.5 Å². The third-order valence-electron chi connectivity index (χ3n) is 0.612. The van der Waals surface area contributed by atoms with Crippen LogP contribution in [0, 0.1) is 0 Å². The first-order valence-electron chi connectivity index (χ1n) is 3.19. The number of aliphatic carboxylic acids is 1. The first-order valence-corrected chi connectivity index (χ1v) is 3.19. The molecule has 11 heavy (non-hydrogen) atoms. The monoisotopic (exact) mass is 236 g/mol. The smallest absolute Gasteiger partial charge is 0.289 e. The zero-order chi connectivity index (χ0) is 8.57. The maximum Gasteiger partial charge on any atom is 0.289 e. The molecule has 0 saturated carbocycles. The van der Waals surface area contributed by atoms with Crippen molar-refractivity contribution in [2.45, 2.75) is 33.6 Å². The van der Waals surface area contributed by atoms with Crippen LogP contribution < -0.4 is 5.11 Å². The third-order valence-corrected chi connectivity index (χ3v) is 0.612. The Morgan fingerprint density at radius 2 is 1.73 bits per heavy atom. The number of carbonyl (C=O) groups excluding carboxylic acids is 2. The van der Waals surface area contributed by atoms with Gasteiger partial charge in [0.25, 0.3) is 5.78 Å². The molecule has 0 amide bonds. The van der Waals surface area contributed by atoms with E-state index in [4.69, 9.17) is 14.7 Å². The van der Waals surface area contributed by atoms with E-state index < -0.39 is 5.97 Å². The fraction of sp³-hybridized carbons (Fsp3) is 0.714. The molecule has 1 N–H and O–H groups in total. The Labute approximate surface area is 86.3 Å². The molecule has 0 atom stereocenters. The molecule has 0 aromatic carbocycles. The van der Waals surface area contributed by atoms with E-state index in [0.717, 1.165) is 19.8 Å². The average molecular weight is 237 g/mol. The van der Waals surface area contributed by atoms with Gasteiger partial charge in [0.15, 0.2) is 0 Å². The summed E-state index contributed by atoms with van der Waals surface area (Å²) in [5, 5.41) is 8.89. The van der Waals surface area contributed by atoms with Gasteiger partial charge in [-0.25, -0.2) is 0 Å². The number of hydrogen-bond donors (Lipinski definition) is 0. The van der Waals surface area contributed by atoms with Crippen LogP contribution in [0.1, 0.15) is 33.6 Å². The minimum absolute atomic E-state index is 0. The van der Waals surface area contributed by atoms with Gasteiger partial charge in [-0.15, -0.1) is 0 Å². The van der Waals surface area contributed by atoms with Crippen molar-refractivity contribution in [3.05, 3.63) is 0 Å². The third kappa shape index (κ3) is 70.6. The summed E-state index contributed by atoms with van der Waals surface area (Å²) in [5.74, 6) is -0.544. The van der Waals surface area contributed by atoms with Crippen LogP contribution in [0.4, 0.5) is 0 Å². The van der Waals surface area contributed by atoms with E-state index in [2.05, 4.69) is 0 Å². The Balaban J connectivity index is -0.000000114. The predicted molar refractivity (Wildman–Crippen MR) is 38.2 cm³/mol. The largest absolute Gasteiger partial charge is 0.550 e. The van der Waals surface area contributed by atoms with Gasteiger partial charge in [0, 0.05) is 39.1 Å². The van der Waals surface area contributed by atoms with Crippen molar-refractivity contribution >= 4 is 11.8 Å². The van der Waals surface area contributed by atoms with Crippen LogP contribution in [0.15, 0.2) is 0 Å². The summed E-state index contributed by atoms with van der Waals surface area (Å²) in [6.07, 6.45) is 1.89. The Hall–Kier alpha value is 0.0231. The van der Waals surface area contributed by atoms with Crippen LogP contribution >= 0.6 is 0 Å². The van der Waals surface area contributed by atoms with Gasteiger partial charge in [0.2, 0.25) is 0 Å². The van der Waals surface area contributed by atoms with Gasteiger partial charge in [0.1, 0.15) is 0 Å². The molecule has 0 aliphatic carbocycles. The molecule has 0 radical (unpaired) electrons. The van der Waals surface area contributed by atoms with Gasteiger partial charge in [-0.3, -0.25) is 4.79 Å². The van der Waals surface area contributed by atoms with E-state index in [1.807, 2.05) is 6.92 Å². The summed E-state index contributed by atoms with van der Waals surface area (Å²) >= 11 is 0. The van der Waals surface area contributed by atoms with Crippen molar-refractivity contribution in [1.82, 2.24) is 0 Å². The number of ketones is 1. The number of carbonyl (C=O) groups is 1. The summed E-state index contributed by atoms with van der Waals surface area (Å²) in [6.45, 7) is 4.74. The number of rotatable bonds is 2. The van der Waals surface area contributed by atoms with Gasteiger partial charge < -0.3 is 9.90 Å². The molecule has 0 fully saturated rings. The molecule has 0 aliphatic rings. The Morgan fingerprint density at radius 1 is 1.45 bits per heavy atom. The first kappa shape index (κ1) is 17.2. The fourth-order valence-corrected chi connectivity index (χ4v) is 0.362. The summed E-state index contributed by atoms with van der Waals surface area (Å²) in [5.41, 5.74) is 0. The minimum atomic E-state index is -1.08. The SMILES string of the molecule is CC(=O)[O-].CCCC(C)=[OH+].[Zr]. The van der Waals surface area contributed by atoms with Crippen molar-refractivity contribution in [2.75, 3.05) is 0 Å². The van der Waals surface area contributed by atoms with Crippen molar-refractivity contribution in [3.63, 3.8) is 0 Å². The molecular weight excluding hydrogens is 223 g/mol. The zero-order valence-electron chi connectivity index (χ0n) is 7.18. The molecule has 0 bridgehead atoms. The molecular formula is C7H14O3Zr.